The molecule has 1 heterocycles. The molecule has 1 aliphatic rings. The molecule has 142 valence electrons. The Labute approximate surface area is 160 Å². The second-order valence-electron chi connectivity index (χ2n) is 7.60. The number of hydrogen-bond donors (Lipinski definition) is 1. The van der Waals surface area contributed by atoms with Gasteiger partial charge >= 0.3 is 0 Å². The van der Waals surface area contributed by atoms with E-state index in [-0.39, 0.29) is 17.6 Å². The number of carbonyl (C=O) groups excluding carboxylic acids is 2. The minimum atomic E-state index is -0.608. The third kappa shape index (κ3) is 3.82. The van der Waals surface area contributed by atoms with E-state index in [2.05, 4.69) is 0 Å². The van der Waals surface area contributed by atoms with Gasteiger partial charge in [0.05, 0.1) is 11.0 Å². The van der Waals surface area contributed by atoms with E-state index in [9.17, 15) is 14.7 Å². The molecule has 0 unspecified atom stereocenters. The minimum Gasteiger partial charge on any atom is -0.507 e. The molecule has 0 spiro atoms. The Morgan fingerprint density at radius 2 is 1.52 bits per heavy atom. The summed E-state index contributed by atoms with van der Waals surface area (Å²) in [5.74, 6) is -0.121. The van der Waals surface area contributed by atoms with Gasteiger partial charge < -0.3 is 14.9 Å². The van der Waals surface area contributed by atoms with Gasteiger partial charge in [-0.05, 0) is 44.0 Å². The normalized spacial score (nSPS) is 14.9. The lowest BCUT2D eigenvalue weighted by Crippen LogP contribution is -2.54. The number of piperazine rings is 1. The number of hydrogen-bond acceptors (Lipinski definition) is 3. The summed E-state index contributed by atoms with van der Waals surface area (Å²) in [6, 6.07) is 14.8. The molecule has 27 heavy (non-hydrogen) atoms. The fourth-order valence-electron chi connectivity index (χ4n) is 3.48. The van der Waals surface area contributed by atoms with Crippen LogP contribution in [-0.4, -0.2) is 52.9 Å². The van der Waals surface area contributed by atoms with Gasteiger partial charge in [0.2, 0.25) is 5.91 Å². The van der Waals surface area contributed by atoms with Crippen LogP contribution in [0.3, 0.4) is 0 Å². The monoisotopic (exact) mass is 366 g/mol. The van der Waals surface area contributed by atoms with E-state index in [1.54, 1.807) is 17.0 Å². The number of phenolic OH excluding ortho intramolecular Hbond substituents is 1. The molecule has 1 aliphatic heterocycles. The summed E-state index contributed by atoms with van der Waals surface area (Å²) < 4.78 is 0. The first-order valence-corrected chi connectivity index (χ1v) is 9.24. The average molecular weight is 366 g/mol. The smallest absolute Gasteiger partial charge is 0.257 e. The van der Waals surface area contributed by atoms with Gasteiger partial charge in [-0.1, -0.05) is 36.4 Å². The van der Waals surface area contributed by atoms with Crippen LogP contribution in [0, 0.1) is 6.92 Å². The largest absolute Gasteiger partial charge is 0.507 e. The molecule has 1 N–H and O–H groups in total. The van der Waals surface area contributed by atoms with Crippen LogP contribution in [0.15, 0.2) is 48.5 Å². The topological polar surface area (TPSA) is 60.9 Å². The standard InChI is InChI=1S/C22H26N2O3/c1-16-9-10-18(19(25)15-16)20(26)23-11-13-24(14-12-23)21(27)22(2,3)17-7-5-4-6-8-17/h4-10,15,25H,11-14H2,1-3H3. The summed E-state index contributed by atoms with van der Waals surface area (Å²) in [4.78, 5) is 29.3. The first kappa shape index (κ1) is 19.0. The maximum absolute atomic E-state index is 13.0. The summed E-state index contributed by atoms with van der Waals surface area (Å²) in [6.45, 7) is 7.65. The molecule has 0 radical (unpaired) electrons. The lowest BCUT2D eigenvalue weighted by Gasteiger charge is -2.38. The van der Waals surface area contributed by atoms with Crippen molar-refractivity contribution in [3.8, 4) is 5.75 Å². The summed E-state index contributed by atoms with van der Waals surface area (Å²) in [6.07, 6.45) is 0. The van der Waals surface area contributed by atoms with Gasteiger partial charge in [0.1, 0.15) is 5.75 Å². The van der Waals surface area contributed by atoms with Crippen molar-refractivity contribution in [3.63, 3.8) is 0 Å². The molecule has 3 rings (SSSR count). The van der Waals surface area contributed by atoms with E-state index in [0.717, 1.165) is 11.1 Å². The summed E-state index contributed by atoms with van der Waals surface area (Å²) in [5, 5.41) is 10.1. The number of carbonyl (C=O) groups is 2. The molecule has 1 saturated heterocycles. The number of benzene rings is 2. The maximum atomic E-state index is 13.0. The maximum Gasteiger partial charge on any atom is 0.257 e. The summed E-state index contributed by atoms with van der Waals surface area (Å²) >= 11 is 0. The van der Waals surface area contributed by atoms with Crippen molar-refractivity contribution in [2.75, 3.05) is 26.2 Å². The Morgan fingerprint density at radius 1 is 0.926 bits per heavy atom. The third-order valence-corrected chi connectivity index (χ3v) is 5.27. The van der Waals surface area contributed by atoms with Crippen molar-refractivity contribution < 1.29 is 14.7 Å². The van der Waals surface area contributed by atoms with E-state index in [1.807, 2.05) is 62.1 Å². The van der Waals surface area contributed by atoms with Crippen molar-refractivity contribution in [3.05, 3.63) is 65.2 Å². The second kappa shape index (κ2) is 7.43. The van der Waals surface area contributed by atoms with Crippen LogP contribution in [0.4, 0.5) is 0 Å². The van der Waals surface area contributed by atoms with Crippen molar-refractivity contribution in [2.45, 2.75) is 26.2 Å². The molecule has 0 saturated carbocycles. The Kier molecular flexibility index (Phi) is 5.22. The highest BCUT2D eigenvalue weighted by Crippen LogP contribution is 2.27. The van der Waals surface area contributed by atoms with E-state index < -0.39 is 5.41 Å². The first-order chi connectivity index (χ1) is 12.8. The van der Waals surface area contributed by atoms with Crippen molar-refractivity contribution in [1.29, 1.82) is 0 Å². The van der Waals surface area contributed by atoms with Crippen LogP contribution in [-0.2, 0) is 10.2 Å². The quantitative estimate of drug-likeness (QED) is 0.908. The van der Waals surface area contributed by atoms with Crippen molar-refractivity contribution in [1.82, 2.24) is 9.80 Å². The SMILES string of the molecule is Cc1ccc(C(=O)N2CCN(C(=O)C(C)(C)c3ccccc3)CC2)c(O)c1. The molecule has 1 fully saturated rings. The molecule has 5 nitrogen and oxygen atoms in total. The zero-order valence-electron chi connectivity index (χ0n) is 16.1. The zero-order chi connectivity index (χ0) is 19.6. The molecular weight excluding hydrogens is 340 g/mol. The Bertz CT molecular complexity index is 838. The van der Waals surface area contributed by atoms with Gasteiger partial charge in [0.15, 0.2) is 0 Å². The summed E-state index contributed by atoms with van der Waals surface area (Å²) in [7, 11) is 0. The molecule has 0 atom stereocenters. The lowest BCUT2D eigenvalue weighted by molar-refractivity contribution is -0.137. The molecule has 2 aromatic carbocycles. The van der Waals surface area contributed by atoms with Gasteiger partial charge in [-0.2, -0.15) is 0 Å². The number of phenols is 1. The van der Waals surface area contributed by atoms with Crippen LogP contribution >= 0.6 is 0 Å². The average Bonchev–Trinajstić information content (AvgIpc) is 2.68. The number of nitrogens with zero attached hydrogens (tertiary/aromatic N) is 2. The fourth-order valence-corrected chi connectivity index (χ4v) is 3.48. The van der Waals surface area contributed by atoms with E-state index in [4.69, 9.17) is 0 Å². The molecule has 0 aromatic heterocycles. The van der Waals surface area contributed by atoms with E-state index in [1.165, 1.54) is 0 Å². The van der Waals surface area contributed by atoms with Crippen LogP contribution in [0.1, 0.15) is 35.3 Å². The third-order valence-electron chi connectivity index (χ3n) is 5.27. The van der Waals surface area contributed by atoms with Gasteiger partial charge in [0, 0.05) is 26.2 Å². The van der Waals surface area contributed by atoms with Crippen LogP contribution in [0.2, 0.25) is 0 Å². The number of aromatic hydroxyl groups is 1. The number of amides is 2. The second-order valence-corrected chi connectivity index (χ2v) is 7.60. The molecule has 5 heteroatoms. The minimum absolute atomic E-state index is 0.00344. The molecule has 2 amide bonds. The Balaban J connectivity index is 1.66. The summed E-state index contributed by atoms with van der Waals surface area (Å²) in [5.41, 5.74) is 1.59. The van der Waals surface area contributed by atoms with Crippen LogP contribution in [0.25, 0.3) is 0 Å². The molecular formula is C22H26N2O3. The predicted octanol–water partition coefficient (Wildman–Crippen LogP) is 2.96. The van der Waals surface area contributed by atoms with Crippen molar-refractivity contribution in [2.24, 2.45) is 0 Å². The molecule has 2 aromatic rings. The number of rotatable bonds is 3. The fraction of sp³-hybridized carbons (Fsp3) is 0.364. The van der Waals surface area contributed by atoms with Gasteiger partial charge in [-0.25, -0.2) is 0 Å². The highest BCUT2D eigenvalue weighted by molar-refractivity contribution is 5.97. The van der Waals surface area contributed by atoms with Gasteiger partial charge in [-0.15, -0.1) is 0 Å². The predicted molar refractivity (Wildman–Crippen MR) is 105 cm³/mol. The zero-order valence-corrected chi connectivity index (χ0v) is 16.1. The highest BCUT2D eigenvalue weighted by atomic mass is 16.3. The van der Waals surface area contributed by atoms with E-state index >= 15 is 0 Å². The first-order valence-electron chi connectivity index (χ1n) is 9.24. The van der Waals surface area contributed by atoms with Gasteiger partial charge in [-0.3, -0.25) is 9.59 Å². The Morgan fingerprint density at radius 3 is 2.11 bits per heavy atom. The molecule has 0 aliphatic carbocycles. The lowest BCUT2D eigenvalue weighted by atomic mass is 9.83. The van der Waals surface area contributed by atoms with Crippen LogP contribution in [0.5, 0.6) is 5.75 Å². The van der Waals surface area contributed by atoms with E-state index in [0.29, 0.717) is 31.7 Å². The molecule has 0 bridgehead atoms. The van der Waals surface area contributed by atoms with Crippen molar-refractivity contribution >= 4 is 11.8 Å². The Hall–Kier alpha value is -2.82. The highest BCUT2D eigenvalue weighted by Gasteiger charge is 2.35. The van der Waals surface area contributed by atoms with Crippen LogP contribution < -0.4 is 0 Å². The number of aryl methyl sites for hydroxylation is 1. The van der Waals surface area contributed by atoms with Gasteiger partial charge in [0.25, 0.3) is 5.91 Å².